The van der Waals surface area contributed by atoms with Crippen LogP contribution in [0.5, 0.6) is 11.5 Å². The molecule has 4 aromatic rings. The van der Waals surface area contributed by atoms with Crippen LogP contribution in [0.1, 0.15) is 23.6 Å². The summed E-state index contributed by atoms with van der Waals surface area (Å²) in [6.45, 7) is 5.73. The zero-order valence-electron chi connectivity index (χ0n) is 17.1. The number of rotatable bonds is 8. The molecule has 0 saturated carbocycles. The molecule has 0 spiro atoms. The summed E-state index contributed by atoms with van der Waals surface area (Å²) in [7, 11) is 0. The van der Waals surface area contributed by atoms with Gasteiger partial charge in [0.1, 0.15) is 6.61 Å². The molecule has 0 fully saturated rings. The predicted octanol–water partition coefficient (Wildman–Crippen LogP) is 4.75. The van der Waals surface area contributed by atoms with E-state index in [1.165, 1.54) is 5.56 Å². The molecule has 0 bridgehead atoms. The van der Waals surface area contributed by atoms with Crippen molar-refractivity contribution in [3.05, 3.63) is 87.8 Å². The second kappa shape index (κ2) is 8.78. The van der Waals surface area contributed by atoms with Crippen LogP contribution in [0.15, 0.2) is 65.5 Å². The third-order valence-corrected chi connectivity index (χ3v) is 4.96. The first kappa shape index (κ1) is 19.6. The summed E-state index contributed by atoms with van der Waals surface area (Å²) in [5, 5.41) is 3.38. The van der Waals surface area contributed by atoms with Gasteiger partial charge in [-0.25, -0.2) is 4.79 Å². The lowest BCUT2D eigenvalue weighted by Crippen LogP contribution is -2.03. The van der Waals surface area contributed by atoms with Gasteiger partial charge in [-0.2, -0.15) is 0 Å². The van der Waals surface area contributed by atoms with Gasteiger partial charge in [0.2, 0.25) is 0 Å². The van der Waals surface area contributed by atoms with Gasteiger partial charge in [0.05, 0.1) is 17.6 Å². The molecule has 0 aliphatic rings. The maximum absolute atomic E-state index is 11.4. The van der Waals surface area contributed by atoms with Crippen molar-refractivity contribution in [3.63, 3.8) is 0 Å². The quantitative estimate of drug-likeness (QED) is 0.396. The molecule has 4 rings (SSSR count). The summed E-state index contributed by atoms with van der Waals surface area (Å²) >= 11 is 0. The molecule has 30 heavy (non-hydrogen) atoms. The number of imidazole rings is 1. The summed E-state index contributed by atoms with van der Waals surface area (Å²) in [5.41, 5.74) is 5.73. The molecule has 0 unspecified atom stereocenters. The lowest BCUT2D eigenvalue weighted by atomic mass is 10.1. The summed E-state index contributed by atoms with van der Waals surface area (Å²) in [5.74, 6) is 1.46. The van der Waals surface area contributed by atoms with E-state index in [1.54, 1.807) is 0 Å². The van der Waals surface area contributed by atoms with Gasteiger partial charge in [-0.05, 0) is 60.9 Å². The van der Waals surface area contributed by atoms with Gasteiger partial charge >= 0.3 is 5.69 Å². The Hall–Kier alpha value is -3.67. The van der Waals surface area contributed by atoms with Crippen LogP contribution in [0.25, 0.3) is 11.0 Å². The van der Waals surface area contributed by atoms with Crippen molar-refractivity contribution in [3.8, 4) is 11.5 Å². The van der Waals surface area contributed by atoms with E-state index in [9.17, 15) is 4.79 Å². The Morgan fingerprint density at radius 1 is 0.900 bits per heavy atom. The van der Waals surface area contributed by atoms with Gasteiger partial charge in [-0.15, -0.1) is 0 Å². The van der Waals surface area contributed by atoms with Crippen molar-refractivity contribution in [1.82, 2.24) is 9.97 Å². The van der Waals surface area contributed by atoms with Crippen LogP contribution in [0.3, 0.4) is 0 Å². The standard InChI is InChI=1S/C24H25N3O3/c1-3-29-23-12-17(8-11-22(23)30-15-18-7-5-4-6-16(18)2)14-25-19-9-10-20-21(13-19)27-24(28)26-20/h4-13,25H,3,14-15H2,1-2H3,(H2,26,27,28). The Morgan fingerprint density at radius 2 is 1.73 bits per heavy atom. The number of nitrogens with one attached hydrogen (secondary N) is 3. The van der Waals surface area contributed by atoms with E-state index in [2.05, 4.69) is 34.3 Å². The van der Waals surface area contributed by atoms with E-state index >= 15 is 0 Å². The number of ether oxygens (including phenoxy) is 2. The number of hydrogen-bond acceptors (Lipinski definition) is 4. The topological polar surface area (TPSA) is 79.1 Å². The molecule has 1 heterocycles. The molecule has 0 aliphatic carbocycles. The molecular weight excluding hydrogens is 378 g/mol. The highest BCUT2D eigenvalue weighted by Gasteiger charge is 2.08. The minimum Gasteiger partial charge on any atom is -0.490 e. The lowest BCUT2D eigenvalue weighted by Gasteiger charge is -2.15. The SMILES string of the molecule is CCOc1cc(CNc2ccc3[nH]c(=O)[nH]c3c2)ccc1OCc1ccccc1C. The highest BCUT2D eigenvalue weighted by atomic mass is 16.5. The van der Waals surface area contributed by atoms with Crippen molar-refractivity contribution < 1.29 is 9.47 Å². The van der Waals surface area contributed by atoms with Gasteiger partial charge in [0.15, 0.2) is 11.5 Å². The molecule has 6 nitrogen and oxygen atoms in total. The molecule has 3 N–H and O–H groups in total. The van der Waals surface area contributed by atoms with Crippen molar-refractivity contribution >= 4 is 16.7 Å². The van der Waals surface area contributed by atoms with E-state index in [0.717, 1.165) is 39.3 Å². The van der Waals surface area contributed by atoms with E-state index in [4.69, 9.17) is 9.47 Å². The summed E-state index contributed by atoms with van der Waals surface area (Å²) in [4.78, 5) is 16.9. The zero-order chi connectivity index (χ0) is 20.9. The second-order valence-electron chi connectivity index (χ2n) is 7.12. The van der Waals surface area contributed by atoms with Crippen molar-refractivity contribution in [2.75, 3.05) is 11.9 Å². The average Bonchev–Trinajstić information content (AvgIpc) is 3.12. The fourth-order valence-corrected chi connectivity index (χ4v) is 3.32. The maximum Gasteiger partial charge on any atom is 0.323 e. The van der Waals surface area contributed by atoms with Crippen LogP contribution in [0.2, 0.25) is 0 Å². The third-order valence-electron chi connectivity index (χ3n) is 4.96. The number of aryl methyl sites for hydroxylation is 1. The maximum atomic E-state index is 11.4. The van der Waals surface area contributed by atoms with Crippen LogP contribution in [-0.2, 0) is 13.2 Å². The highest BCUT2D eigenvalue weighted by molar-refractivity contribution is 5.78. The van der Waals surface area contributed by atoms with E-state index in [1.807, 2.05) is 55.5 Å². The molecule has 6 heteroatoms. The Bertz CT molecular complexity index is 1210. The molecule has 0 aliphatic heterocycles. The number of aromatic amines is 2. The minimum atomic E-state index is -0.204. The number of H-pyrrole nitrogens is 2. The summed E-state index contributed by atoms with van der Waals surface area (Å²) in [6, 6.07) is 19.9. The number of benzene rings is 3. The molecule has 1 aromatic heterocycles. The molecule has 154 valence electrons. The van der Waals surface area contributed by atoms with Crippen LogP contribution in [0.4, 0.5) is 5.69 Å². The Morgan fingerprint density at radius 3 is 2.57 bits per heavy atom. The third kappa shape index (κ3) is 4.49. The monoisotopic (exact) mass is 403 g/mol. The smallest absolute Gasteiger partial charge is 0.323 e. The first-order valence-corrected chi connectivity index (χ1v) is 10.0. The molecule has 0 saturated heterocycles. The molecule has 0 amide bonds. The Kier molecular flexibility index (Phi) is 5.75. The predicted molar refractivity (Wildman–Crippen MR) is 119 cm³/mol. The Labute approximate surface area is 174 Å². The minimum absolute atomic E-state index is 0.204. The molecule has 0 atom stereocenters. The van der Waals surface area contributed by atoms with Crippen molar-refractivity contribution in [2.45, 2.75) is 27.0 Å². The number of fused-ring (bicyclic) bond motifs is 1. The first-order valence-electron chi connectivity index (χ1n) is 10.0. The van der Waals surface area contributed by atoms with Crippen molar-refractivity contribution in [1.29, 1.82) is 0 Å². The highest BCUT2D eigenvalue weighted by Crippen LogP contribution is 2.30. The first-order chi connectivity index (χ1) is 14.6. The fourth-order valence-electron chi connectivity index (χ4n) is 3.32. The van der Waals surface area contributed by atoms with Crippen LogP contribution >= 0.6 is 0 Å². The lowest BCUT2D eigenvalue weighted by molar-refractivity contribution is 0.268. The Balaban J connectivity index is 1.46. The van der Waals surface area contributed by atoms with Crippen LogP contribution < -0.4 is 20.5 Å². The fraction of sp³-hybridized carbons (Fsp3) is 0.208. The van der Waals surface area contributed by atoms with E-state index < -0.39 is 0 Å². The summed E-state index contributed by atoms with van der Waals surface area (Å²) < 4.78 is 11.9. The zero-order valence-corrected chi connectivity index (χ0v) is 17.1. The summed E-state index contributed by atoms with van der Waals surface area (Å²) in [6.07, 6.45) is 0. The van der Waals surface area contributed by atoms with Gasteiger partial charge in [-0.1, -0.05) is 30.3 Å². The number of anilines is 1. The normalized spacial score (nSPS) is 10.9. The second-order valence-corrected chi connectivity index (χ2v) is 7.12. The molecular formula is C24H25N3O3. The van der Waals surface area contributed by atoms with E-state index in [0.29, 0.717) is 19.8 Å². The number of aromatic nitrogens is 2. The average molecular weight is 403 g/mol. The van der Waals surface area contributed by atoms with Crippen LogP contribution in [0, 0.1) is 6.92 Å². The molecule has 0 radical (unpaired) electrons. The molecule has 3 aromatic carbocycles. The van der Waals surface area contributed by atoms with Crippen molar-refractivity contribution in [2.24, 2.45) is 0 Å². The van der Waals surface area contributed by atoms with Gasteiger partial charge < -0.3 is 24.8 Å². The van der Waals surface area contributed by atoms with Gasteiger partial charge in [0.25, 0.3) is 0 Å². The van der Waals surface area contributed by atoms with Crippen LogP contribution in [-0.4, -0.2) is 16.6 Å². The van der Waals surface area contributed by atoms with Gasteiger partial charge in [-0.3, -0.25) is 0 Å². The number of hydrogen-bond donors (Lipinski definition) is 3. The largest absolute Gasteiger partial charge is 0.490 e. The van der Waals surface area contributed by atoms with E-state index in [-0.39, 0.29) is 5.69 Å². The van der Waals surface area contributed by atoms with Gasteiger partial charge in [0, 0.05) is 12.2 Å².